The van der Waals surface area contributed by atoms with Crippen LogP contribution in [0.25, 0.3) is 22.4 Å². The van der Waals surface area contributed by atoms with E-state index in [-0.39, 0.29) is 22.4 Å². The average molecular weight is 308 g/mol. The summed E-state index contributed by atoms with van der Waals surface area (Å²) in [6, 6.07) is 2.67. The molecule has 0 aliphatic heterocycles. The van der Waals surface area contributed by atoms with Crippen LogP contribution in [0, 0.1) is 0 Å². The first-order valence-electron chi connectivity index (χ1n) is 6.01. The zero-order valence-corrected chi connectivity index (χ0v) is 10.7. The number of halogens is 3. The van der Waals surface area contributed by atoms with Gasteiger partial charge in [0.15, 0.2) is 5.82 Å². The van der Waals surface area contributed by atoms with E-state index in [1.807, 2.05) is 0 Å². The Kier molecular flexibility index (Phi) is 3.05. The lowest BCUT2D eigenvalue weighted by atomic mass is 10.2. The van der Waals surface area contributed by atoms with Gasteiger partial charge in [0.05, 0.1) is 16.5 Å². The minimum atomic E-state index is -4.53. The second-order valence-corrected chi connectivity index (χ2v) is 4.44. The van der Waals surface area contributed by atoms with Crippen molar-refractivity contribution in [3.05, 3.63) is 56.9 Å². The second kappa shape index (κ2) is 4.79. The van der Waals surface area contributed by atoms with Crippen molar-refractivity contribution < 1.29 is 13.2 Å². The van der Waals surface area contributed by atoms with Crippen LogP contribution in [-0.4, -0.2) is 19.9 Å². The number of aromatic nitrogens is 4. The van der Waals surface area contributed by atoms with Gasteiger partial charge < -0.3 is 9.97 Å². The molecule has 0 unspecified atom stereocenters. The summed E-state index contributed by atoms with van der Waals surface area (Å²) in [5.41, 5.74) is -1.99. The predicted octanol–water partition coefficient (Wildman–Crippen LogP) is 1.69. The van der Waals surface area contributed by atoms with Crippen LogP contribution in [0.2, 0.25) is 0 Å². The number of nitrogens with one attached hydrogen (secondary N) is 2. The highest BCUT2D eigenvalue weighted by atomic mass is 19.4. The van der Waals surface area contributed by atoms with Crippen molar-refractivity contribution in [3.63, 3.8) is 0 Å². The summed E-state index contributed by atoms with van der Waals surface area (Å²) >= 11 is 0. The van der Waals surface area contributed by atoms with Gasteiger partial charge in [-0.1, -0.05) is 0 Å². The summed E-state index contributed by atoms with van der Waals surface area (Å²) in [6.45, 7) is 0. The van der Waals surface area contributed by atoms with Crippen molar-refractivity contribution in [1.29, 1.82) is 0 Å². The highest BCUT2D eigenvalue weighted by Gasteiger charge is 2.31. The van der Waals surface area contributed by atoms with Crippen LogP contribution in [0.4, 0.5) is 13.2 Å². The van der Waals surface area contributed by atoms with Gasteiger partial charge >= 0.3 is 6.18 Å². The first-order chi connectivity index (χ1) is 10.3. The number of rotatable bonds is 1. The molecule has 0 radical (unpaired) electrons. The Hall–Kier alpha value is -2.97. The van der Waals surface area contributed by atoms with Crippen molar-refractivity contribution >= 4 is 10.9 Å². The molecular weight excluding hydrogens is 301 g/mol. The summed E-state index contributed by atoms with van der Waals surface area (Å²) < 4.78 is 38.1. The Morgan fingerprint density at radius 2 is 1.91 bits per heavy atom. The number of alkyl halides is 3. The van der Waals surface area contributed by atoms with E-state index >= 15 is 0 Å². The lowest BCUT2D eigenvalue weighted by Crippen LogP contribution is -2.14. The molecule has 0 aliphatic carbocycles. The molecule has 9 heteroatoms. The SMILES string of the molecule is O=c1cc2c(=O)[nH]c(-c3cc(C(F)(F)F)ccn3)nc2c[nH]1. The molecule has 0 bridgehead atoms. The molecular formula is C13H7F3N4O2. The highest BCUT2D eigenvalue weighted by molar-refractivity contribution is 5.77. The molecule has 112 valence electrons. The van der Waals surface area contributed by atoms with E-state index in [0.29, 0.717) is 0 Å². The third-order valence-corrected chi connectivity index (χ3v) is 2.94. The number of nitrogens with zero attached hydrogens (tertiary/aromatic N) is 2. The van der Waals surface area contributed by atoms with Crippen molar-refractivity contribution in [2.45, 2.75) is 6.18 Å². The first kappa shape index (κ1) is 14.0. The topological polar surface area (TPSA) is 91.5 Å². The van der Waals surface area contributed by atoms with Crippen LogP contribution in [0.15, 0.2) is 40.2 Å². The summed E-state index contributed by atoms with van der Waals surface area (Å²) in [6.07, 6.45) is -2.33. The van der Waals surface area contributed by atoms with E-state index in [4.69, 9.17) is 0 Å². The number of hydrogen-bond donors (Lipinski definition) is 2. The maximum Gasteiger partial charge on any atom is 0.416 e. The van der Waals surface area contributed by atoms with E-state index in [2.05, 4.69) is 19.9 Å². The van der Waals surface area contributed by atoms with E-state index in [0.717, 1.165) is 24.4 Å². The fraction of sp³-hybridized carbons (Fsp3) is 0.0769. The molecule has 0 fully saturated rings. The molecule has 2 N–H and O–H groups in total. The van der Waals surface area contributed by atoms with Gasteiger partial charge in [0.2, 0.25) is 5.56 Å². The average Bonchev–Trinajstić information content (AvgIpc) is 2.47. The van der Waals surface area contributed by atoms with Gasteiger partial charge in [-0.15, -0.1) is 0 Å². The normalized spacial score (nSPS) is 11.8. The van der Waals surface area contributed by atoms with Crippen LogP contribution in [0.5, 0.6) is 0 Å². The lowest BCUT2D eigenvalue weighted by Gasteiger charge is -2.08. The van der Waals surface area contributed by atoms with Gasteiger partial charge in [-0.3, -0.25) is 14.6 Å². The van der Waals surface area contributed by atoms with E-state index in [1.54, 1.807) is 0 Å². The molecule has 3 heterocycles. The maximum absolute atomic E-state index is 12.7. The minimum absolute atomic E-state index is 0.0412. The quantitative estimate of drug-likeness (QED) is 0.715. The Morgan fingerprint density at radius 3 is 2.64 bits per heavy atom. The van der Waals surface area contributed by atoms with Gasteiger partial charge in [0.25, 0.3) is 5.56 Å². The lowest BCUT2D eigenvalue weighted by molar-refractivity contribution is -0.137. The van der Waals surface area contributed by atoms with Gasteiger partial charge in [0, 0.05) is 18.5 Å². The molecule has 3 aromatic rings. The molecule has 0 atom stereocenters. The molecule has 0 aliphatic rings. The molecule has 0 amide bonds. The molecule has 6 nitrogen and oxygen atoms in total. The Bertz CT molecular complexity index is 975. The number of fused-ring (bicyclic) bond motifs is 1. The largest absolute Gasteiger partial charge is 0.416 e. The van der Waals surface area contributed by atoms with Crippen LogP contribution < -0.4 is 11.1 Å². The van der Waals surface area contributed by atoms with Crippen molar-refractivity contribution in [2.75, 3.05) is 0 Å². The summed E-state index contributed by atoms with van der Waals surface area (Å²) in [5.74, 6) is -0.115. The first-order valence-corrected chi connectivity index (χ1v) is 6.01. The van der Waals surface area contributed by atoms with E-state index < -0.39 is 22.9 Å². The zero-order chi connectivity index (χ0) is 15.9. The fourth-order valence-corrected chi connectivity index (χ4v) is 1.92. The number of hydrogen-bond acceptors (Lipinski definition) is 4. The standard InChI is InChI=1S/C13H7F3N4O2/c14-13(15,16)6-1-2-17-8(3-6)11-19-9-5-18-10(21)4-7(9)12(22)20-11/h1-5H,(H,18,21)(H,19,20,22). The molecule has 0 saturated heterocycles. The monoisotopic (exact) mass is 308 g/mol. The summed E-state index contributed by atoms with van der Waals surface area (Å²) in [7, 11) is 0. The summed E-state index contributed by atoms with van der Waals surface area (Å²) in [4.78, 5) is 35.5. The third-order valence-electron chi connectivity index (χ3n) is 2.94. The molecule has 3 aromatic heterocycles. The zero-order valence-electron chi connectivity index (χ0n) is 10.7. The Labute approximate surface area is 119 Å². The molecule has 3 rings (SSSR count). The van der Waals surface area contributed by atoms with Crippen molar-refractivity contribution in [3.8, 4) is 11.5 Å². The van der Waals surface area contributed by atoms with Gasteiger partial charge in [0.1, 0.15) is 5.69 Å². The predicted molar refractivity (Wildman–Crippen MR) is 71.2 cm³/mol. The smallest absolute Gasteiger partial charge is 0.327 e. The second-order valence-electron chi connectivity index (χ2n) is 4.44. The van der Waals surface area contributed by atoms with Crippen LogP contribution in [0.3, 0.4) is 0 Å². The molecule has 22 heavy (non-hydrogen) atoms. The molecule has 0 aromatic carbocycles. The third kappa shape index (κ3) is 2.48. The highest BCUT2D eigenvalue weighted by Crippen LogP contribution is 2.30. The number of H-pyrrole nitrogens is 2. The Morgan fingerprint density at radius 1 is 1.14 bits per heavy atom. The maximum atomic E-state index is 12.7. The van der Waals surface area contributed by atoms with Gasteiger partial charge in [-0.2, -0.15) is 13.2 Å². The van der Waals surface area contributed by atoms with E-state index in [1.165, 1.54) is 6.20 Å². The molecule has 0 spiro atoms. The number of aromatic amines is 2. The Balaban J connectivity index is 2.21. The van der Waals surface area contributed by atoms with Crippen LogP contribution in [-0.2, 0) is 6.18 Å². The van der Waals surface area contributed by atoms with Crippen molar-refractivity contribution in [1.82, 2.24) is 19.9 Å². The minimum Gasteiger partial charge on any atom is -0.327 e. The van der Waals surface area contributed by atoms with Crippen LogP contribution >= 0.6 is 0 Å². The van der Waals surface area contributed by atoms with E-state index in [9.17, 15) is 22.8 Å². The summed E-state index contributed by atoms with van der Waals surface area (Å²) in [5, 5.41) is 0.0412. The van der Waals surface area contributed by atoms with Gasteiger partial charge in [-0.05, 0) is 12.1 Å². The molecule has 0 saturated carbocycles. The van der Waals surface area contributed by atoms with Gasteiger partial charge in [-0.25, -0.2) is 4.98 Å². The van der Waals surface area contributed by atoms with Crippen LogP contribution in [0.1, 0.15) is 5.56 Å². The van der Waals surface area contributed by atoms with Crippen molar-refractivity contribution in [2.24, 2.45) is 0 Å². The number of pyridine rings is 2. The fourth-order valence-electron chi connectivity index (χ4n) is 1.92.